The van der Waals surface area contributed by atoms with Crippen molar-refractivity contribution in [1.29, 1.82) is 0 Å². The third-order valence-electron chi connectivity index (χ3n) is 3.75. The number of amides is 1. The first kappa shape index (κ1) is 15.9. The monoisotopic (exact) mass is 321 g/mol. The van der Waals surface area contributed by atoms with Gasteiger partial charge in [0.25, 0.3) is 5.91 Å². The summed E-state index contributed by atoms with van der Waals surface area (Å²) < 4.78 is 5.54. The maximum absolute atomic E-state index is 12.3. The average Bonchev–Trinajstić information content (AvgIpc) is 2.86. The first-order valence-electron chi connectivity index (χ1n) is 7.92. The van der Waals surface area contributed by atoms with Crippen molar-refractivity contribution < 1.29 is 9.53 Å². The molecule has 122 valence electrons. The van der Waals surface area contributed by atoms with Crippen molar-refractivity contribution in [3.8, 4) is 5.75 Å². The van der Waals surface area contributed by atoms with E-state index in [0.717, 1.165) is 29.0 Å². The number of carbonyl (C=O) groups is 1. The van der Waals surface area contributed by atoms with E-state index in [4.69, 9.17) is 4.74 Å². The smallest absolute Gasteiger partial charge is 0.279 e. The first-order valence-corrected chi connectivity index (χ1v) is 7.92. The molecule has 0 saturated carbocycles. The number of likely N-dealkylation sites (N-methyl/N-ethyl adjacent to an activating group) is 1. The SMILES string of the molecule is CCCOc1ccc(/C=N\N=C2/C(=O)N(C)c3ccccc32)cc1. The average molecular weight is 321 g/mol. The number of carbonyl (C=O) groups excluding carboxylic acids is 1. The molecule has 2 aromatic carbocycles. The molecule has 1 heterocycles. The van der Waals surface area contributed by atoms with E-state index in [9.17, 15) is 4.79 Å². The summed E-state index contributed by atoms with van der Waals surface area (Å²) in [6, 6.07) is 15.2. The van der Waals surface area contributed by atoms with Crippen molar-refractivity contribution in [2.24, 2.45) is 10.2 Å². The van der Waals surface area contributed by atoms with E-state index in [1.165, 1.54) is 0 Å². The molecule has 0 fully saturated rings. The molecule has 0 aliphatic carbocycles. The zero-order valence-electron chi connectivity index (χ0n) is 13.8. The van der Waals surface area contributed by atoms with Gasteiger partial charge in [0.15, 0.2) is 5.71 Å². The zero-order chi connectivity index (χ0) is 16.9. The first-order chi connectivity index (χ1) is 11.7. The van der Waals surface area contributed by atoms with E-state index >= 15 is 0 Å². The number of benzene rings is 2. The number of anilines is 1. The van der Waals surface area contributed by atoms with Crippen LogP contribution >= 0.6 is 0 Å². The molecule has 2 aromatic rings. The maximum Gasteiger partial charge on any atom is 0.279 e. The van der Waals surface area contributed by atoms with Crippen LogP contribution in [-0.2, 0) is 4.79 Å². The number of fused-ring (bicyclic) bond motifs is 1. The second kappa shape index (κ2) is 7.08. The summed E-state index contributed by atoms with van der Waals surface area (Å²) in [6.45, 7) is 2.77. The molecular weight excluding hydrogens is 302 g/mol. The summed E-state index contributed by atoms with van der Waals surface area (Å²) >= 11 is 0. The minimum Gasteiger partial charge on any atom is -0.494 e. The quantitative estimate of drug-likeness (QED) is 0.627. The van der Waals surface area contributed by atoms with Crippen LogP contribution in [0, 0.1) is 0 Å². The summed E-state index contributed by atoms with van der Waals surface area (Å²) in [5.74, 6) is 0.693. The third kappa shape index (κ3) is 3.20. The minimum absolute atomic E-state index is 0.142. The number of nitrogens with zero attached hydrogens (tertiary/aromatic N) is 3. The molecule has 5 nitrogen and oxygen atoms in total. The summed E-state index contributed by atoms with van der Waals surface area (Å²) in [4.78, 5) is 13.8. The molecule has 1 aliphatic rings. The van der Waals surface area contributed by atoms with Crippen molar-refractivity contribution in [3.63, 3.8) is 0 Å². The molecule has 0 radical (unpaired) electrons. The highest BCUT2D eigenvalue weighted by Crippen LogP contribution is 2.27. The Balaban J connectivity index is 1.76. The van der Waals surface area contributed by atoms with Crippen molar-refractivity contribution in [2.75, 3.05) is 18.6 Å². The lowest BCUT2D eigenvalue weighted by Crippen LogP contribution is -2.25. The highest BCUT2D eigenvalue weighted by molar-refractivity contribution is 6.54. The van der Waals surface area contributed by atoms with E-state index in [0.29, 0.717) is 12.3 Å². The molecule has 0 atom stereocenters. The van der Waals surface area contributed by atoms with Gasteiger partial charge in [-0.2, -0.15) is 5.10 Å². The summed E-state index contributed by atoms with van der Waals surface area (Å²) in [7, 11) is 1.74. The maximum atomic E-state index is 12.3. The number of ether oxygens (including phenoxy) is 1. The fraction of sp³-hybridized carbons (Fsp3) is 0.211. The van der Waals surface area contributed by atoms with Gasteiger partial charge in [0.2, 0.25) is 0 Å². The van der Waals surface area contributed by atoms with Crippen LogP contribution < -0.4 is 9.64 Å². The van der Waals surface area contributed by atoms with E-state index in [2.05, 4.69) is 17.1 Å². The van der Waals surface area contributed by atoms with Gasteiger partial charge in [-0.05, 0) is 42.3 Å². The van der Waals surface area contributed by atoms with Crippen molar-refractivity contribution >= 4 is 23.5 Å². The van der Waals surface area contributed by atoms with Gasteiger partial charge in [-0.1, -0.05) is 25.1 Å². The second-order valence-electron chi connectivity index (χ2n) is 5.49. The normalized spacial score (nSPS) is 15.3. The number of para-hydroxylation sites is 1. The molecule has 1 amide bonds. The van der Waals surface area contributed by atoms with Crippen LogP contribution in [0.4, 0.5) is 5.69 Å². The Labute approximate surface area is 141 Å². The molecule has 0 saturated heterocycles. The van der Waals surface area contributed by atoms with E-state index in [-0.39, 0.29) is 5.91 Å². The summed E-state index contributed by atoms with van der Waals surface area (Å²) in [6.07, 6.45) is 2.61. The Morgan fingerprint density at radius 1 is 1.12 bits per heavy atom. The standard InChI is InChI=1S/C19H19N3O2/c1-3-12-24-15-10-8-14(9-11-15)13-20-21-18-16-6-4-5-7-17(16)22(2)19(18)23/h4-11,13H,3,12H2,1-2H3/b20-13-,21-18-. The topological polar surface area (TPSA) is 54.3 Å². The fourth-order valence-corrected chi connectivity index (χ4v) is 2.47. The molecule has 0 unspecified atom stereocenters. The minimum atomic E-state index is -0.142. The van der Waals surface area contributed by atoms with E-state index in [1.54, 1.807) is 18.2 Å². The van der Waals surface area contributed by atoms with Crippen LogP contribution in [-0.4, -0.2) is 31.5 Å². The van der Waals surface area contributed by atoms with Crippen LogP contribution in [0.2, 0.25) is 0 Å². The summed E-state index contributed by atoms with van der Waals surface area (Å²) in [5.41, 5.74) is 2.93. The second-order valence-corrected chi connectivity index (χ2v) is 5.49. The van der Waals surface area contributed by atoms with E-state index < -0.39 is 0 Å². The molecule has 0 N–H and O–H groups in total. The molecule has 5 heteroatoms. The lowest BCUT2D eigenvalue weighted by Gasteiger charge is -2.07. The number of rotatable bonds is 5. The van der Waals surface area contributed by atoms with Gasteiger partial charge in [0.05, 0.1) is 18.5 Å². The predicted molar refractivity (Wildman–Crippen MR) is 96.2 cm³/mol. The molecular formula is C19H19N3O2. The van der Waals surface area contributed by atoms with Crippen LogP contribution in [0.3, 0.4) is 0 Å². The highest BCUT2D eigenvalue weighted by Gasteiger charge is 2.30. The van der Waals surface area contributed by atoms with Gasteiger partial charge in [-0.25, -0.2) is 0 Å². The van der Waals surface area contributed by atoms with Crippen molar-refractivity contribution in [1.82, 2.24) is 0 Å². The van der Waals surface area contributed by atoms with Gasteiger partial charge < -0.3 is 9.64 Å². The molecule has 0 spiro atoms. The van der Waals surface area contributed by atoms with Crippen LogP contribution in [0.1, 0.15) is 24.5 Å². The number of hydrogen-bond donors (Lipinski definition) is 0. The van der Waals surface area contributed by atoms with Crippen LogP contribution in [0.15, 0.2) is 58.7 Å². The highest BCUT2D eigenvalue weighted by atomic mass is 16.5. The van der Waals surface area contributed by atoms with Crippen LogP contribution in [0.5, 0.6) is 5.75 Å². The molecule has 3 rings (SSSR count). The van der Waals surface area contributed by atoms with Gasteiger partial charge in [-0.3, -0.25) is 4.79 Å². The van der Waals surface area contributed by atoms with Gasteiger partial charge in [0, 0.05) is 12.6 Å². The zero-order valence-corrected chi connectivity index (χ0v) is 13.8. The Morgan fingerprint density at radius 2 is 1.88 bits per heavy atom. The third-order valence-corrected chi connectivity index (χ3v) is 3.75. The lowest BCUT2D eigenvalue weighted by molar-refractivity contribution is -0.111. The van der Waals surface area contributed by atoms with Gasteiger partial charge in [0.1, 0.15) is 5.75 Å². The Morgan fingerprint density at radius 3 is 2.62 bits per heavy atom. The predicted octanol–water partition coefficient (Wildman–Crippen LogP) is 3.28. The van der Waals surface area contributed by atoms with Crippen molar-refractivity contribution in [3.05, 3.63) is 59.7 Å². The Hall–Kier alpha value is -2.95. The number of hydrogen-bond acceptors (Lipinski definition) is 4. The molecule has 1 aliphatic heterocycles. The van der Waals surface area contributed by atoms with E-state index in [1.807, 2.05) is 48.5 Å². The fourth-order valence-electron chi connectivity index (χ4n) is 2.47. The Kier molecular flexibility index (Phi) is 4.70. The lowest BCUT2D eigenvalue weighted by atomic mass is 10.1. The summed E-state index contributed by atoms with van der Waals surface area (Å²) in [5, 5.41) is 8.20. The van der Waals surface area contributed by atoms with Crippen LogP contribution in [0.25, 0.3) is 0 Å². The molecule has 0 aromatic heterocycles. The molecule has 24 heavy (non-hydrogen) atoms. The Bertz CT molecular complexity index is 795. The molecule has 0 bridgehead atoms. The van der Waals surface area contributed by atoms with Gasteiger partial charge >= 0.3 is 0 Å². The largest absolute Gasteiger partial charge is 0.494 e. The van der Waals surface area contributed by atoms with Crippen molar-refractivity contribution in [2.45, 2.75) is 13.3 Å². The van der Waals surface area contributed by atoms with Gasteiger partial charge in [-0.15, -0.1) is 5.10 Å².